The molecule has 41 heavy (non-hydrogen) atoms. The van der Waals surface area contributed by atoms with Gasteiger partial charge in [0.1, 0.15) is 6.10 Å². The Balaban J connectivity index is 4.01. The molecule has 0 aromatic rings. The number of hydrogen-bond acceptors (Lipinski definition) is 7. The van der Waals surface area contributed by atoms with Crippen molar-refractivity contribution in [2.24, 2.45) is 5.73 Å². The van der Waals surface area contributed by atoms with E-state index in [4.69, 9.17) is 24.3 Å². The maximum atomic E-state index is 12.4. The van der Waals surface area contributed by atoms with Crippen LogP contribution in [0.4, 0.5) is 0 Å². The fraction of sp³-hybridized carbons (Fsp3) is 0.969. The predicted molar refractivity (Wildman–Crippen MR) is 169 cm³/mol. The van der Waals surface area contributed by atoms with E-state index in [0.717, 1.165) is 32.1 Å². The molecule has 8 nitrogen and oxygen atoms in total. The highest BCUT2D eigenvalue weighted by Crippen LogP contribution is 2.43. The molecule has 0 bridgehead atoms. The van der Waals surface area contributed by atoms with Gasteiger partial charge in [0, 0.05) is 19.6 Å². The second-order valence-corrected chi connectivity index (χ2v) is 12.8. The Hall–Kier alpha value is -0.500. The lowest BCUT2D eigenvalue weighted by molar-refractivity contribution is -0.154. The molecule has 0 aliphatic carbocycles. The highest BCUT2D eigenvalue weighted by molar-refractivity contribution is 7.47. The first-order chi connectivity index (χ1) is 19.9. The van der Waals surface area contributed by atoms with Gasteiger partial charge in [-0.1, -0.05) is 142 Å². The van der Waals surface area contributed by atoms with Crippen LogP contribution in [-0.4, -0.2) is 49.9 Å². The summed E-state index contributed by atoms with van der Waals surface area (Å²) >= 11 is 0. The lowest BCUT2D eigenvalue weighted by Gasteiger charge is -2.20. The minimum atomic E-state index is -4.25. The maximum absolute atomic E-state index is 12.4. The van der Waals surface area contributed by atoms with E-state index in [1.165, 1.54) is 109 Å². The molecule has 0 amide bonds. The molecule has 0 aromatic carbocycles. The van der Waals surface area contributed by atoms with Crippen LogP contribution in [0.2, 0.25) is 0 Å². The summed E-state index contributed by atoms with van der Waals surface area (Å²) in [5.41, 5.74) is 5.32. The summed E-state index contributed by atoms with van der Waals surface area (Å²) in [4.78, 5) is 22.1. The molecule has 0 aromatic heterocycles. The minimum Gasteiger partial charge on any atom is -0.457 e. The highest BCUT2D eigenvalue weighted by Gasteiger charge is 2.25. The number of phosphoric acid groups is 1. The van der Waals surface area contributed by atoms with Gasteiger partial charge in [0.15, 0.2) is 0 Å². The van der Waals surface area contributed by atoms with E-state index in [0.29, 0.717) is 13.0 Å². The Labute approximate surface area is 252 Å². The van der Waals surface area contributed by atoms with Gasteiger partial charge in [-0.2, -0.15) is 0 Å². The monoisotopic (exact) mass is 607 g/mol. The summed E-state index contributed by atoms with van der Waals surface area (Å²) in [5, 5.41) is 0. The van der Waals surface area contributed by atoms with Crippen LogP contribution in [0, 0.1) is 0 Å². The maximum Gasteiger partial charge on any atom is 0.472 e. The van der Waals surface area contributed by atoms with Crippen molar-refractivity contribution in [1.82, 2.24) is 0 Å². The van der Waals surface area contributed by atoms with Crippen molar-refractivity contribution >= 4 is 13.8 Å². The van der Waals surface area contributed by atoms with Crippen LogP contribution in [0.25, 0.3) is 0 Å². The minimum absolute atomic E-state index is 0.0911. The number of hydrogen-bond donors (Lipinski definition) is 2. The Morgan fingerprint density at radius 1 is 0.634 bits per heavy atom. The average molecular weight is 608 g/mol. The third-order valence-electron chi connectivity index (χ3n) is 7.27. The Bertz CT molecular complexity index is 609. The van der Waals surface area contributed by atoms with Crippen molar-refractivity contribution < 1.29 is 32.8 Å². The lowest BCUT2D eigenvalue weighted by Crippen LogP contribution is -2.28. The largest absolute Gasteiger partial charge is 0.472 e. The van der Waals surface area contributed by atoms with Gasteiger partial charge >= 0.3 is 13.8 Å². The van der Waals surface area contributed by atoms with Gasteiger partial charge < -0.3 is 20.1 Å². The zero-order chi connectivity index (χ0) is 30.3. The first-order valence-corrected chi connectivity index (χ1v) is 18.5. The van der Waals surface area contributed by atoms with Crippen LogP contribution < -0.4 is 5.73 Å². The molecule has 0 heterocycles. The summed E-state index contributed by atoms with van der Waals surface area (Å²) in [6.45, 7) is 4.89. The number of esters is 1. The fourth-order valence-electron chi connectivity index (χ4n) is 4.76. The van der Waals surface area contributed by atoms with Gasteiger partial charge in [-0.3, -0.25) is 13.8 Å². The molecule has 2 unspecified atom stereocenters. The zero-order valence-corrected chi connectivity index (χ0v) is 27.7. The molecule has 0 fully saturated rings. The molecule has 0 saturated heterocycles. The van der Waals surface area contributed by atoms with Crippen molar-refractivity contribution in [2.45, 2.75) is 168 Å². The van der Waals surface area contributed by atoms with Crippen molar-refractivity contribution in [3.8, 4) is 0 Å². The van der Waals surface area contributed by atoms with Crippen molar-refractivity contribution in [3.63, 3.8) is 0 Å². The normalized spacial score (nSPS) is 13.8. The van der Waals surface area contributed by atoms with Crippen LogP contribution in [0.1, 0.15) is 162 Å². The van der Waals surface area contributed by atoms with Crippen LogP contribution in [0.5, 0.6) is 0 Å². The number of carbonyl (C=O) groups is 1. The number of carbonyl (C=O) groups excluding carboxylic acids is 1. The molecule has 0 aliphatic rings. The van der Waals surface area contributed by atoms with Gasteiger partial charge in [-0.15, -0.1) is 0 Å². The first-order valence-electron chi connectivity index (χ1n) is 17.0. The van der Waals surface area contributed by atoms with Crippen molar-refractivity contribution in [2.75, 3.05) is 33.0 Å². The number of phosphoric ester groups is 1. The Morgan fingerprint density at radius 3 is 1.54 bits per heavy atom. The molecule has 0 rings (SSSR count). The molecule has 0 radical (unpaired) electrons. The summed E-state index contributed by atoms with van der Waals surface area (Å²) < 4.78 is 33.1. The summed E-state index contributed by atoms with van der Waals surface area (Å²) in [6.07, 6.45) is 27.0. The van der Waals surface area contributed by atoms with Crippen molar-refractivity contribution in [1.29, 1.82) is 0 Å². The van der Waals surface area contributed by atoms with E-state index < -0.39 is 13.9 Å². The standard InChI is InChI=1S/C32H66NO7P/c1-3-5-7-9-11-12-13-14-15-16-17-18-20-22-24-27-37-29-31(30-39-41(35,36)38-28-26-33)40-32(34)25-23-21-19-10-8-6-4-2/h31H,3-30,33H2,1-2H3,(H,35,36). The van der Waals surface area contributed by atoms with Gasteiger partial charge in [-0.05, 0) is 12.8 Å². The lowest BCUT2D eigenvalue weighted by atomic mass is 10.0. The van der Waals surface area contributed by atoms with Crippen molar-refractivity contribution in [3.05, 3.63) is 0 Å². The average Bonchev–Trinajstić information content (AvgIpc) is 2.95. The van der Waals surface area contributed by atoms with E-state index in [-0.39, 0.29) is 32.3 Å². The van der Waals surface area contributed by atoms with Crippen LogP contribution >= 0.6 is 7.82 Å². The molecule has 0 aliphatic heterocycles. The number of unbranched alkanes of at least 4 members (excludes halogenated alkanes) is 20. The predicted octanol–water partition coefficient (Wildman–Crippen LogP) is 9.02. The SMILES string of the molecule is CCCCCCCCCCCCCCCCCOCC(COP(=O)(O)OCCN)OC(=O)CCCCCCCCC. The molecule has 9 heteroatoms. The van der Waals surface area contributed by atoms with Gasteiger partial charge in [-0.25, -0.2) is 4.57 Å². The number of rotatable bonds is 33. The Kier molecular flexibility index (Phi) is 30.6. The van der Waals surface area contributed by atoms with Crippen LogP contribution in [-0.2, 0) is 27.9 Å². The molecule has 3 N–H and O–H groups in total. The van der Waals surface area contributed by atoms with Crippen LogP contribution in [0.15, 0.2) is 0 Å². The van der Waals surface area contributed by atoms with Gasteiger partial charge in [0.25, 0.3) is 0 Å². The van der Waals surface area contributed by atoms with E-state index >= 15 is 0 Å². The van der Waals surface area contributed by atoms with E-state index in [1.807, 2.05) is 0 Å². The zero-order valence-electron chi connectivity index (χ0n) is 26.8. The molecular weight excluding hydrogens is 541 g/mol. The summed E-state index contributed by atoms with van der Waals surface area (Å²) in [7, 11) is -4.25. The molecule has 0 spiro atoms. The second-order valence-electron chi connectivity index (χ2n) is 11.4. The molecule has 246 valence electrons. The smallest absolute Gasteiger partial charge is 0.457 e. The first kappa shape index (κ1) is 40.5. The number of ether oxygens (including phenoxy) is 2. The topological polar surface area (TPSA) is 117 Å². The number of nitrogens with two attached hydrogens (primary N) is 1. The second kappa shape index (κ2) is 30.9. The van der Waals surface area contributed by atoms with E-state index in [1.54, 1.807) is 0 Å². The molecule has 0 saturated carbocycles. The molecule has 2 atom stereocenters. The quantitative estimate of drug-likeness (QED) is 0.0431. The third-order valence-corrected chi connectivity index (χ3v) is 8.26. The van der Waals surface area contributed by atoms with E-state index in [9.17, 15) is 14.3 Å². The highest BCUT2D eigenvalue weighted by atomic mass is 31.2. The van der Waals surface area contributed by atoms with Crippen LogP contribution in [0.3, 0.4) is 0 Å². The van der Waals surface area contributed by atoms with Gasteiger partial charge in [0.05, 0.1) is 19.8 Å². The summed E-state index contributed by atoms with van der Waals surface area (Å²) in [6, 6.07) is 0. The fourth-order valence-corrected chi connectivity index (χ4v) is 5.53. The Morgan fingerprint density at radius 2 is 1.07 bits per heavy atom. The third kappa shape index (κ3) is 30.8. The van der Waals surface area contributed by atoms with E-state index in [2.05, 4.69) is 13.8 Å². The summed E-state index contributed by atoms with van der Waals surface area (Å²) in [5.74, 6) is -0.335. The van der Waals surface area contributed by atoms with Gasteiger partial charge in [0.2, 0.25) is 0 Å². The molecular formula is C32H66NO7P.